The summed E-state index contributed by atoms with van der Waals surface area (Å²) in [7, 11) is 0. The van der Waals surface area contributed by atoms with Gasteiger partial charge in [-0.1, -0.05) is 12.1 Å². The van der Waals surface area contributed by atoms with Crippen molar-refractivity contribution in [3.05, 3.63) is 88.6 Å². The first-order valence-electron chi connectivity index (χ1n) is 13.8. The number of hydrogen-bond acceptors (Lipinski definition) is 8. The van der Waals surface area contributed by atoms with Crippen LogP contribution in [0, 0.1) is 10.1 Å². The van der Waals surface area contributed by atoms with Crippen LogP contribution in [-0.4, -0.2) is 54.0 Å². The fraction of sp³-hybridized carbons (Fsp3) is 0.233. The maximum Gasteiger partial charge on any atom is 0.404 e. The quantitative estimate of drug-likeness (QED) is 0.124. The SMILES string of the molecule is O=C(O)NC1CCC(Nc2c([N+](=O)[O-])cnc3ccc(-c4c[nH]c5ncc(C(=O)NCc6cccnc6)cc45)cc23)CC1. The number of carboxylic acid groups (broad SMARTS) is 1. The molecular formula is C30H28N8O5. The van der Waals surface area contributed by atoms with Crippen LogP contribution in [0.4, 0.5) is 16.2 Å². The van der Waals surface area contributed by atoms with Gasteiger partial charge < -0.3 is 26.0 Å². The van der Waals surface area contributed by atoms with Gasteiger partial charge in [0.2, 0.25) is 0 Å². The second kappa shape index (κ2) is 11.7. The van der Waals surface area contributed by atoms with Crippen LogP contribution in [-0.2, 0) is 6.54 Å². The third-order valence-electron chi connectivity index (χ3n) is 7.73. The van der Waals surface area contributed by atoms with Gasteiger partial charge in [0.15, 0.2) is 0 Å². The standard InChI is InChI=1S/C30H28N8O5/c39-29(35-13-17-2-1-9-31-12-17)19-11-22-24(15-34-28(22)33-14-19)18-3-8-25-23(10-18)27(26(16-32-25)38(42)43)36-20-4-6-21(7-5-20)37-30(40)41/h1-3,8-12,14-16,20-21,37H,4-7,13H2,(H,32,36)(H,33,34)(H,35,39)(H,40,41). The largest absolute Gasteiger partial charge is 0.465 e. The van der Waals surface area contributed by atoms with Crippen molar-refractivity contribution in [2.75, 3.05) is 5.32 Å². The molecule has 5 aromatic rings. The molecule has 1 aliphatic carbocycles. The summed E-state index contributed by atoms with van der Waals surface area (Å²) in [5.41, 5.74) is 4.25. The molecule has 1 aromatic carbocycles. The predicted octanol–water partition coefficient (Wildman–Crippen LogP) is 5.00. The van der Waals surface area contributed by atoms with E-state index in [2.05, 4.69) is 35.9 Å². The summed E-state index contributed by atoms with van der Waals surface area (Å²) < 4.78 is 0. The fourth-order valence-electron chi connectivity index (χ4n) is 5.55. The van der Waals surface area contributed by atoms with Crippen molar-refractivity contribution in [1.82, 2.24) is 30.6 Å². The molecule has 43 heavy (non-hydrogen) atoms. The Hall–Kier alpha value is -5.59. The molecule has 1 fully saturated rings. The molecule has 1 aliphatic rings. The van der Waals surface area contributed by atoms with Crippen LogP contribution in [0.5, 0.6) is 0 Å². The average Bonchev–Trinajstić information content (AvgIpc) is 3.44. The summed E-state index contributed by atoms with van der Waals surface area (Å²) in [5, 5.41) is 31.1. The van der Waals surface area contributed by atoms with Gasteiger partial charge in [0.1, 0.15) is 17.5 Å². The Labute approximate surface area is 244 Å². The number of fused-ring (bicyclic) bond motifs is 2. The van der Waals surface area contributed by atoms with Crippen molar-refractivity contribution >= 4 is 45.3 Å². The predicted molar refractivity (Wildman–Crippen MR) is 160 cm³/mol. The molecule has 1 saturated carbocycles. The molecule has 0 aliphatic heterocycles. The van der Waals surface area contributed by atoms with Gasteiger partial charge in [-0.05, 0) is 61.1 Å². The molecule has 2 amide bonds. The number of pyridine rings is 3. The molecule has 13 heteroatoms. The van der Waals surface area contributed by atoms with E-state index in [-0.39, 0.29) is 23.7 Å². The van der Waals surface area contributed by atoms with Crippen molar-refractivity contribution in [2.24, 2.45) is 0 Å². The summed E-state index contributed by atoms with van der Waals surface area (Å²) in [6.07, 6.45) is 9.45. The van der Waals surface area contributed by atoms with E-state index in [0.717, 1.165) is 22.1 Å². The van der Waals surface area contributed by atoms with Gasteiger partial charge in [0, 0.05) is 59.8 Å². The molecular weight excluding hydrogens is 552 g/mol. The number of aromatic nitrogens is 4. The maximum atomic E-state index is 12.9. The lowest BCUT2D eigenvalue weighted by atomic mass is 9.91. The molecule has 4 heterocycles. The minimum Gasteiger partial charge on any atom is -0.465 e. The average molecular weight is 581 g/mol. The molecule has 218 valence electrons. The third kappa shape index (κ3) is 5.91. The van der Waals surface area contributed by atoms with Crippen LogP contribution in [0.2, 0.25) is 0 Å². The van der Waals surface area contributed by atoms with Crippen LogP contribution in [0.15, 0.2) is 67.4 Å². The number of nitrogens with one attached hydrogen (secondary N) is 4. The molecule has 0 atom stereocenters. The van der Waals surface area contributed by atoms with E-state index in [1.54, 1.807) is 30.7 Å². The van der Waals surface area contributed by atoms with Crippen molar-refractivity contribution in [3.8, 4) is 11.1 Å². The van der Waals surface area contributed by atoms with Crippen LogP contribution >= 0.6 is 0 Å². The van der Waals surface area contributed by atoms with Gasteiger partial charge in [0.25, 0.3) is 5.91 Å². The van der Waals surface area contributed by atoms with E-state index >= 15 is 0 Å². The Bertz CT molecular complexity index is 1830. The minimum absolute atomic E-state index is 0.0650. The second-order valence-electron chi connectivity index (χ2n) is 10.5. The molecule has 13 nitrogen and oxygen atoms in total. The number of nitrogens with zero attached hydrogens (tertiary/aromatic N) is 4. The first-order chi connectivity index (χ1) is 20.9. The van der Waals surface area contributed by atoms with Crippen molar-refractivity contribution in [2.45, 2.75) is 44.3 Å². The topological polar surface area (TPSA) is 188 Å². The summed E-state index contributed by atoms with van der Waals surface area (Å²) >= 11 is 0. The van der Waals surface area contributed by atoms with E-state index in [0.29, 0.717) is 60.0 Å². The summed E-state index contributed by atoms with van der Waals surface area (Å²) in [6.45, 7) is 0.328. The normalized spacial score (nSPS) is 16.6. The summed E-state index contributed by atoms with van der Waals surface area (Å²) in [6, 6.07) is 10.8. The minimum atomic E-state index is -1.05. The number of carbonyl (C=O) groups is 2. The number of H-pyrrole nitrogens is 1. The molecule has 0 radical (unpaired) electrons. The van der Waals surface area contributed by atoms with Crippen LogP contribution in [0.25, 0.3) is 33.1 Å². The lowest BCUT2D eigenvalue weighted by Gasteiger charge is -2.29. The van der Waals surface area contributed by atoms with Crippen LogP contribution < -0.4 is 16.0 Å². The molecule has 0 bridgehead atoms. The molecule has 5 N–H and O–H groups in total. The fourth-order valence-corrected chi connectivity index (χ4v) is 5.55. The second-order valence-corrected chi connectivity index (χ2v) is 10.5. The van der Waals surface area contributed by atoms with Gasteiger partial charge in [0.05, 0.1) is 16.0 Å². The molecule has 6 rings (SSSR count). The van der Waals surface area contributed by atoms with Crippen LogP contribution in [0.3, 0.4) is 0 Å². The van der Waals surface area contributed by atoms with Gasteiger partial charge in [-0.15, -0.1) is 0 Å². The summed E-state index contributed by atoms with van der Waals surface area (Å²) in [5.74, 6) is -0.275. The number of hydrogen-bond donors (Lipinski definition) is 5. The zero-order valence-corrected chi connectivity index (χ0v) is 22.9. The third-order valence-corrected chi connectivity index (χ3v) is 7.73. The Morgan fingerprint density at radius 2 is 1.84 bits per heavy atom. The Morgan fingerprint density at radius 1 is 1.02 bits per heavy atom. The lowest BCUT2D eigenvalue weighted by Crippen LogP contribution is -2.39. The smallest absolute Gasteiger partial charge is 0.404 e. The van der Waals surface area contributed by atoms with E-state index in [1.165, 1.54) is 12.4 Å². The van der Waals surface area contributed by atoms with Crippen molar-refractivity contribution in [1.29, 1.82) is 0 Å². The first kappa shape index (κ1) is 27.6. The number of benzene rings is 1. The van der Waals surface area contributed by atoms with Gasteiger partial charge in [-0.25, -0.2) is 14.8 Å². The number of aromatic amines is 1. The van der Waals surface area contributed by atoms with Gasteiger partial charge in [-0.2, -0.15) is 0 Å². The van der Waals surface area contributed by atoms with E-state index in [4.69, 9.17) is 5.11 Å². The molecule has 0 saturated heterocycles. The monoisotopic (exact) mass is 580 g/mol. The number of carbonyl (C=O) groups excluding carboxylic acids is 1. The highest BCUT2D eigenvalue weighted by molar-refractivity contribution is 6.04. The maximum absolute atomic E-state index is 12.9. The number of anilines is 1. The number of rotatable bonds is 8. The zero-order chi connectivity index (χ0) is 29.9. The molecule has 0 spiro atoms. The Kier molecular flexibility index (Phi) is 7.52. The highest BCUT2D eigenvalue weighted by atomic mass is 16.6. The molecule has 0 unspecified atom stereocenters. The molecule has 4 aromatic heterocycles. The van der Waals surface area contributed by atoms with E-state index < -0.39 is 11.0 Å². The zero-order valence-electron chi connectivity index (χ0n) is 22.9. The number of amides is 2. The van der Waals surface area contributed by atoms with Gasteiger partial charge >= 0.3 is 11.8 Å². The number of nitro groups is 1. The highest BCUT2D eigenvalue weighted by Gasteiger charge is 2.26. The van der Waals surface area contributed by atoms with Crippen molar-refractivity contribution in [3.63, 3.8) is 0 Å². The van der Waals surface area contributed by atoms with Crippen molar-refractivity contribution < 1.29 is 19.6 Å². The Morgan fingerprint density at radius 3 is 2.58 bits per heavy atom. The Balaban J connectivity index is 1.31. The first-order valence-corrected chi connectivity index (χ1v) is 13.8. The lowest BCUT2D eigenvalue weighted by molar-refractivity contribution is -0.384. The van der Waals surface area contributed by atoms with Gasteiger partial charge in [-0.3, -0.25) is 19.9 Å². The van der Waals surface area contributed by atoms with E-state index in [9.17, 15) is 19.7 Å². The highest BCUT2D eigenvalue weighted by Crippen LogP contribution is 2.37. The van der Waals surface area contributed by atoms with E-state index in [1.807, 2.05) is 24.3 Å². The summed E-state index contributed by atoms with van der Waals surface area (Å²) in [4.78, 5) is 51.5. The van der Waals surface area contributed by atoms with Crippen LogP contribution in [0.1, 0.15) is 41.6 Å².